The van der Waals surface area contributed by atoms with Gasteiger partial charge in [-0.15, -0.1) is 0 Å². The summed E-state index contributed by atoms with van der Waals surface area (Å²) in [7, 11) is 1.68. The second-order valence-electron chi connectivity index (χ2n) is 7.88. The molecule has 0 saturated heterocycles. The molecular formula is C22H23ClN6O2. The third-order valence-electron chi connectivity index (χ3n) is 4.48. The average Bonchev–Trinajstić information content (AvgIpc) is 3.32. The van der Waals surface area contributed by atoms with Gasteiger partial charge in [-0.25, -0.2) is 4.68 Å². The van der Waals surface area contributed by atoms with Crippen LogP contribution >= 0.6 is 11.6 Å². The van der Waals surface area contributed by atoms with E-state index in [0.29, 0.717) is 34.2 Å². The molecule has 0 radical (unpaired) electrons. The minimum atomic E-state index is -0.798. The number of aromatic nitrogens is 5. The lowest BCUT2D eigenvalue weighted by molar-refractivity contribution is -0.145. The van der Waals surface area contributed by atoms with Crippen LogP contribution in [-0.4, -0.2) is 30.5 Å². The first-order valence-electron chi connectivity index (χ1n) is 9.73. The van der Waals surface area contributed by atoms with Gasteiger partial charge in [-0.1, -0.05) is 24.6 Å². The van der Waals surface area contributed by atoms with E-state index in [1.807, 2.05) is 19.1 Å². The molecule has 0 aromatic carbocycles. The van der Waals surface area contributed by atoms with Crippen molar-refractivity contribution in [1.29, 1.82) is 5.26 Å². The third kappa shape index (κ3) is 4.52. The van der Waals surface area contributed by atoms with Gasteiger partial charge in [0.15, 0.2) is 11.5 Å². The molecule has 0 spiro atoms. The lowest BCUT2D eigenvalue weighted by atomic mass is 9.97. The van der Waals surface area contributed by atoms with E-state index in [9.17, 15) is 10.1 Å². The number of hydrogen-bond acceptors (Lipinski definition) is 6. The second-order valence-corrected chi connectivity index (χ2v) is 8.25. The van der Waals surface area contributed by atoms with Gasteiger partial charge < -0.3 is 4.74 Å². The van der Waals surface area contributed by atoms with E-state index in [1.54, 1.807) is 52.3 Å². The number of nitriles is 1. The standard InChI is InChI=1S/C22H23ClN6O2/c1-6-14-18(23)19(28(5)26-14)20(31-21(30)22(2,3)4)17(13-24)29-12-10-16(27-29)15-9-7-8-11-25-15/h7-12H,6H2,1-5H3. The van der Waals surface area contributed by atoms with Crippen LogP contribution < -0.4 is 0 Å². The van der Waals surface area contributed by atoms with E-state index in [0.717, 1.165) is 0 Å². The van der Waals surface area contributed by atoms with Crippen LogP contribution in [0.5, 0.6) is 0 Å². The van der Waals surface area contributed by atoms with E-state index in [2.05, 4.69) is 21.3 Å². The molecule has 0 aliphatic heterocycles. The summed E-state index contributed by atoms with van der Waals surface area (Å²) in [5.74, 6) is -0.513. The molecule has 3 rings (SSSR count). The molecule has 3 aromatic rings. The first-order chi connectivity index (χ1) is 14.7. The van der Waals surface area contributed by atoms with Gasteiger partial charge >= 0.3 is 5.97 Å². The van der Waals surface area contributed by atoms with Gasteiger partial charge in [0, 0.05) is 19.4 Å². The molecule has 3 heterocycles. The van der Waals surface area contributed by atoms with Crippen molar-refractivity contribution in [3.63, 3.8) is 0 Å². The van der Waals surface area contributed by atoms with Gasteiger partial charge in [0.1, 0.15) is 17.5 Å². The van der Waals surface area contributed by atoms with Gasteiger partial charge in [0.05, 0.1) is 21.8 Å². The maximum atomic E-state index is 12.7. The Morgan fingerprint density at radius 3 is 2.52 bits per heavy atom. The zero-order valence-corrected chi connectivity index (χ0v) is 18.8. The lowest BCUT2D eigenvalue weighted by Crippen LogP contribution is -2.23. The molecule has 31 heavy (non-hydrogen) atoms. The van der Waals surface area contributed by atoms with Crippen molar-refractivity contribution in [2.75, 3.05) is 0 Å². The Morgan fingerprint density at radius 1 is 1.23 bits per heavy atom. The molecule has 0 aliphatic rings. The summed E-state index contributed by atoms with van der Waals surface area (Å²) in [5, 5.41) is 19.2. The van der Waals surface area contributed by atoms with Crippen molar-refractivity contribution in [2.45, 2.75) is 34.1 Å². The van der Waals surface area contributed by atoms with Crippen LogP contribution in [-0.2, 0) is 23.0 Å². The number of carbonyl (C=O) groups excluding carboxylic acids is 1. The Morgan fingerprint density at radius 2 is 1.97 bits per heavy atom. The fourth-order valence-corrected chi connectivity index (χ4v) is 3.17. The number of ether oxygens (including phenoxy) is 1. The first-order valence-corrected chi connectivity index (χ1v) is 10.1. The van der Waals surface area contributed by atoms with E-state index in [1.165, 1.54) is 9.36 Å². The number of esters is 1. The predicted octanol–water partition coefficient (Wildman–Crippen LogP) is 4.33. The van der Waals surface area contributed by atoms with Gasteiger partial charge in [0.25, 0.3) is 0 Å². The van der Waals surface area contributed by atoms with Crippen LogP contribution in [0.4, 0.5) is 0 Å². The van der Waals surface area contributed by atoms with Gasteiger partial charge in [0.2, 0.25) is 0 Å². The Hall–Kier alpha value is -3.44. The molecule has 9 heteroatoms. The largest absolute Gasteiger partial charge is 0.421 e. The topological polar surface area (TPSA) is 98.6 Å². The number of halogens is 1. The van der Waals surface area contributed by atoms with Crippen LogP contribution in [0.15, 0.2) is 36.7 Å². The Labute approximate surface area is 185 Å². The average molecular weight is 439 g/mol. The highest BCUT2D eigenvalue weighted by Crippen LogP contribution is 2.33. The summed E-state index contributed by atoms with van der Waals surface area (Å²) in [5.41, 5.74) is 1.40. The number of rotatable bonds is 5. The lowest BCUT2D eigenvalue weighted by Gasteiger charge is -2.19. The van der Waals surface area contributed by atoms with Crippen molar-refractivity contribution >= 4 is 29.0 Å². The maximum absolute atomic E-state index is 12.7. The van der Waals surface area contributed by atoms with E-state index in [-0.39, 0.29) is 11.5 Å². The fraction of sp³-hybridized carbons (Fsp3) is 0.318. The Bertz CT molecular complexity index is 1180. The number of carbonyl (C=O) groups is 1. The molecule has 0 saturated carbocycles. The SMILES string of the molecule is CCc1nn(C)c(C(OC(=O)C(C)(C)C)=C(C#N)n2ccc(-c3ccccn3)n2)c1Cl. The number of allylic oxidation sites excluding steroid dienone is 1. The number of aryl methyl sites for hydroxylation is 2. The van der Waals surface area contributed by atoms with E-state index < -0.39 is 11.4 Å². The molecule has 0 unspecified atom stereocenters. The molecule has 8 nitrogen and oxygen atoms in total. The van der Waals surface area contributed by atoms with Gasteiger partial charge in [-0.2, -0.15) is 15.5 Å². The van der Waals surface area contributed by atoms with Crippen LogP contribution in [0.2, 0.25) is 5.02 Å². The first kappa shape index (κ1) is 22.2. The second kappa shape index (κ2) is 8.74. The number of hydrogen-bond donors (Lipinski definition) is 0. The maximum Gasteiger partial charge on any atom is 0.316 e. The van der Waals surface area contributed by atoms with Crippen LogP contribution in [0, 0.1) is 16.7 Å². The molecule has 3 aromatic heterocycles. The quantitative estimate of drug-likeness (QED) is 0.334. The summed E-state index contributed by atoms with van der Waals surface area (Å²) in [6, 6.07) is 9.30. The van der Waals surface area contributed by atoms with Crippen LogP contribution in [0.25, 0.3) is 22.8 Å². The fourth-order valence-electron chi connectivity index (χ4n) is 2.79. The molecule has 0 N–H and O–H groups in total. The van der Waals surface area contributed by atoms with E-state index in [4.69, 9.17) is 16.3 Å². The summed E-state index contributed by atoms with van der Waals surface area (Å²) in [4.78, 5) is 17.0. The summed E-state index contributed by atoms with van der Waals surface area (Å²) in [6.07, 6.45) is 3.85. The van der Waals surface area contributed by atoms with Crippen molar-refractivity contribution in [3.05, 3.63) is 53.1 Å². The number of pyridine rings is 1. The van der Waals surface area contributed by atoms with Crippen LogP contribution in [0.3, 0.4) is 0 Å². The van der Waals surface area contributed by atoms with Crippen molar-refractivity contribution < 1.29 is 9.53 Å². The minimum Gasteiger partial charge on any atom is -0.421 e. The normalized spacial score (nSPS) is 12.3. The minimum absolute atomic E-state index is 0.00204. The van der Waals surface area contributed by atoms with Crippen molar-refractivity contribution in [2.24, 2.45) is 12.5 Å². The molecular weight excluding hydrogens is 416 g/mol. The Balaban J connectivity index is 2.21. The highest BCUT2D eigenvalue weighted by Gasteiger charge is 2.30. The highest BCUT2D eigenvalue weighted by atomic mass is 35.5. The van der Waals surface area contributed by atoms with Crippen molar-refractivity contribution in [3.8, 4) is 17.5 Å². The molecule has 0 bridgehead atoms. The molecule has 160 valence electrons. The summed E-state index contributed by atoms with van der Waals surface area (Å²) < 4.78 is 8.60. The van der Waals surface area contributed by atoms with E-state index >= 15 is 0 Å². The Kier molecular flexibility index (Phi) is 6.27. The molecule has 0 fully saturated rings. The monoisotopic (exact) mass is 438 g/mol. The smallest absolute Gasteiger partial charge is 0.316 e. The van der Waals surface area contributed by atoms with Crippen molar-refractivity contribution in [1.82, 2.24) is 24.5 Å². The zero-order chi connectivity index (χ0) is 22.8. The number of nitrogens with zero attached hydrogens (tertiary/aromatic N) is 6. The molecule has 0 aliphatic carbocycles. The molecule has 0 atom stereocenters. The summed E-state index contributed by atoms with van der Waals surface area (Å²) >= 11 is 6.55. The van der Waals surface area contributed by atoms with Gasteiger partial charge in [-0.05, 0) is 45.4 Å². The van der Waals surface area contributed by atoms with Gasteiger partial charge in [-0.3, -0.25) is 14.5 Å². The zero-order valence-electron chi connectivity index (χ0n) is 18.0. The summed E-state index contributed by atoms with van der Waals surface area (Å²) in [6.45, 7) is 7.11. The third-order valence-corrected chi connectivity index (χ3v) is 4.88. The predicted molar refractivity (Wildman–Crippen MR) is 117 cm³/mol. The molecule has 0 amide bonds. The van der Waals surface area contributed by atoms with Crippen LogP contribution in [0.1, 0.15) is 39.1 Å². The highest BCUT2D eigenvalue weighted by molar-refractivity contribution is 6.33.